The van der Waals surface area contributed by atoms with Crippen molar-refractivity contribution >= 4 is 11.3 Å². The average molecular weight is 252 g/mol. The third kappa shape index (κ3) is 4.78. The summed E-state index contributed by atoms with van der Waals surface area (Å²) in [5.41, 5.74) is 1.47. The molecular formula is C14H24N2S. The Kier molecular flexibility index (Phi) is 5.49. The van der Waals surface area contributed by atoms with Gasteiger partial charge < -0.3 is 10.2 Å². The van der Waals surface area contributed by atoms with Gasteiger partial charge in [0.1, 0.15) is 0 Å². The van der Waals surface area contributed by atoms with Crippen molar-refractivity contribution < 1.29 is 0 Å². The second kappa shape index (κ2) is 7.14. The van der Waals surface area contributed by atoms with Crippen molar-refractivity contribution in [2.75, 3.05) is 32.7 Å². The predicted molar refractivity (Wildman–Crippen MR) is 75.7 cm³/mol. The Morgan fingerprint density at radius 2 is 2.41 bits per heavy atom. The number of hydrogen-bond donors (Lipinski definition) is 1. The van der Waals surface area contributed by atoms with Crippen LogP contribution in [0.1, 0.15) is 25.3 Å². The molecule has 1 fully saturated rings. The van der Waals surface area contributed by atoms with Crippen LogP contribution in [0, 0.1) is 5.92 Å². The molecule has 96 valence electrons. The first-order chi connectivity index (χ1) is 8.34. The van der Waals surface area contributed by atoms with E-state index in [1.54, 1.807) is 11.3 Å². The maximum atomic E-state index is 3.55. The van der Waals surface area contributed by atoms with Gasteiger partial charge in [-0.1, -0.05) is 6.92 Å². The van der Waals surface area contributed by atoms with Gasteiger partial charge in [-0.15, -0.1) is 0 Å². The van der Waals surface area contributed by atoms with Gasteiger partial charge in [0.25, 0.3) is 0 Å². The molecule has 1 unspecified atom stereocenters. The number of piperidine rings is 1. The molecule has 17 heavy (non-hydrogen) atoms. The normalized spacial score (nSPS) is 21.8. The molecule has 1 aromatic heterocycles. The SMILES string of the molecule is CC1CCCN(CCNCCc2ccsc2)C1. The second-order valence-corrected chi connectivity index (χ2v) is 5.96. The summed E-state index contributed by atoms with van der Waals surface area (Å²) in [5.74, 6) is 0.898. The van der Waals surface area contributed by atoms with E-state index in [0.29, 0.717) is 0 Å². The molecule has 2 rings (SSSR count). The van der Waals surface area contributed by atoms with Crippen molar-refractivity contribution in [3.8, 4) is 0 Å². The summed E-state index contributed by atoms with van der Waals surface area (Å²) < 4.78 is 0. The van der Waals surface area contributed by atoms with Gasteiger partial charge in [-0.3, -0.25) is 0 Å². The van der Waals surface area contributed by atoms with E-state index in [-0.39, 0.29) is 0 Å². The average Bonchev–Trinajstić information content (AvgIpc) is 2.82. The lowest BCUT2D eigenvalue weighted by atomic mass is 10.0. The Morgan fingerprint density at radius 1 is 1.47 bits per heavy atom. The van der Waals surface area contributed by atoms with Gasteiger partial charge in [-0.05, 0) is 60.7 Å². The third-order valence-electron chi connectivity index (χ3n) is 3.52. The molecule has 3 heteroatoms. The number of likely N-dealkylation sites (tertiary alicyclic amines) is 1. The van der Waals surface area contributed by atoms with E-state index in [1.807, 2.05) is 0 Å². The fourth-order valence-corrected chi connectivity index (χ4v) is 3.22. The molecule has 1 saturated heterocycles. The van der Waals surface area contributed by atoms with Gasteiger partial charge >= 0.3 is 0 Å². The number of rotatable bonds is 6. The van der Waals surface area contributed by atoms with Crippen molar-refractivity contribution in [2.45, 2.75) is 26.2 Å². The fraction of sp³-hybridized carbons (Fsp3) is 0.714. The highest BCUT2D eigenvalue weighted by Gasteiger charge is 2.14. The summed E-state index contributed by atoms with van der Waals surface area (Å²) in [6.45, 7) is 8.43. The van der Waals surface area contributed by atoms with Crippen LogP contribution in [0.5, 0.6) is 0 Å². The van der Waals surface area contributed by atoms with Crippen LogP contribution in [-0.2, 0) is 6.42 Å². The molecule has 0 aromatic carbocycles. The van der Waals surface area contributed by atoms with Crippen molar-refractivity contribution in [3.05, 3.63) is 22.4 Å². The molecule has 0 radical (unpaired) electrons. The Balaban J connectivity index is 1.51. The second-order valence-electron chi connectivity index (χ2n) is 5.18. The Labute approximate surface area is 109 Å². The molecule has 0 saturated carbocycles. The number of thiophene rings is 1. The fourth-order valence-electron chi connectivity index (χ4n) is 2.52. The zero-order valence-corrected chi connectivity index (χ0v) is 11.6. The third-order valence-corrected chi connectivity index (χ3v) is 4.25. The lowest BCUT2D eigenvalue weighted by molar-refractivity contribution is 0.185. The van der Waals surface area contributed by atoms with Crippen LogP contribution in [0.25, 0.3) is 0 Å². The van der Waals surface area contributed by atoms with Crippen LogP contribution in [0.4, 0.5) is 0 Å². The highest BCUT2D eigenvalue weighted by atomic mass is 32.1. The first-order valence-corrected chi connectivity index (χ1v) is 7.73. The molecule has 1 atom stereocenters. The lowest BCUT2D eigenvalue weighted by Gasteiger charge is -2.30. The summed E-state index contributed by atoms with van der Waals surface area (Å²) in [4.78, 5) is 2.60. The maximum Gasteiger partial charge on any atom is 0.0107 e. The van der Waals surface area contributed by atoms with Gasteiger partial charge in [0.15, 0.2) is 0 Å². The maximum absolute atomic E-state index is 3.55. The van der Waals surface area contributed by atoms with Crippen LogP contribution in [0.15, 0.2) is 16.8 Å². The minimum atomic E-state index is 0.898. The van der Waals surface area contributed by atoms with Gasteiger partial charge in [0.05, 0.1) is 0 Å². The number of hydrogen-bond acceptors (Lipinski definition) is 3. The van der Waals surface area contributed by atoms with E-state index in [2.05, 4.69) is 34.0 Å². The van der Waals surface area contributed by atoms with E-state index in [4.69, 9.17) is 0 Å². The van der Waals surface area contributed by atoms with Gasteiger partial charge in [-0.25, -0.2) is 0 Å². The highest BCUT2D eigenvalue weighted by molar-refractivity contribution is 7.07. The molecule has 2 nitrogen and oxygen atoms in total. The van der Waals surface area contributed by atoms with Crippen LogP contribution in [0.3, 0.4) is 0 Å². The van der Waals surface area contributed by atoms with Crippen LogP contribution < -0.4 is 5.32 Å². The van der Waals surface area contributed by atoms with E-state index in [1.165, 1.54) is 44.5 Å². The van der Waals surface area contributed by atoms with Gasteiger partial charge in [-0.2, -0.15) is 11.3 Å². The van der Waals surface area contributed by atoms with E-state index in [0.717, 1.165) is 19.0 Å². The van der Waals surface area contributed by atoms with Crippen molar-refractivity contribution in [3.63, 3.8) is 0 Å². The molecular weight excluding hydrogens is 228 g/mol. The molecule has 2 heterocycles. The monoisotopic (exact) mass is 252 g/mol. The van der Waals surface area contributed by atoms with Crippen molar-refractivity contribution in [1.82, 2.24) is 10.2 Å². The van der Waals surface area contributed by atoms with Crippen LogP contribution >= 0.6 is 11.3 Å². The zero-order valence-electron chi connectivity index (χ0n) is 10.8. The van der Waals surface area contributed by atoms with Gasteiger partial charge in [0, 0.05) is 19.6 Å². The zero-order chi connectivity index (χ0) is 11.9. The molecule has 1 N–H and O–H groups in total. The van der Waals surface area contributed by atoms with Crippen LogP contribution in [-0.4, -0.2) is 37.6 Å². The smallest absolute Gasteiger partial charge is 0.0107 e. The Hall–Kier alpha value is -0.380. The van der Waals surface area contributed by atoms with E-state index < -0.39 is 0 Å². The van der Waals surface area contributed by atoms with Crippen molar-refractivity contribution in [1.29, 1.82) is 0 Å². The minimum Gasteiger partial charge on any atom is -0.315 e. The molecule has 1 aliphatic rings. The summed E-state index contributed by atoms with van der Waals surface area (Å²) in [7, 11) is 0. The topological polar surface area (TPSA) is 15.3 Å². The van der Waals surface area contributed by atoms with E-state index >= 15 is 0 Å². The summed E-state index contributed by atoms with van der Waals surface area (Å²) >= 11 is 1.79. The summed E-state index contributed by atoms with van der Waals surface area (Å²) in [6, 6.07) is 2.22. The molecule has 1 aliphatic heterocycles. The van der Waals surface area contributed by atoms with Crippen LogP contribution in [0.2, 0.25) is 0 Å². The lowest BCUT2D eigenvalue weighted by Crippen LogP contribution is -2.39. The molecule has 0 aliphatic carbocycles. The van der Waals surface area contributed by atoms with Crippen molar-refractivity contribution in [2.24, 2.45) is 5.92 Å². The Morgan fingerprint density at radius 3 is 3.18 bits per heavy atom. The minimum absolute atomic E-state index is 0.898. The standard InChI is InChI=1S/C14H24N2S/c1-13-3-2-8-16(11-13)9-7-15-6-4-14-5-10-17-12-14/h5,10,12-13,15H,2-4,6-9,11H2,1H3. The number of nitrogens with one attached hydrogen (secondary N) is 1. The summed E-state index contributed by atoms with van der Waals surface area (Å²) in [6.07, 6.45) is 3.97. The van der Waals surface area contributed by atoms with Gasteiger partial charge in [0.2, 0.25) is 0 Å². The quantitative estimate of drug-likeness (QED) is 0.783. The summed E-state index contributed by atoms with van der Waals surface area (Å²) in [5, 5.41) is 7.95. The highest BCUT2D eigenvalue weighted by Crippen LogP contribution is 2.14. The largest absolute Gasteiger partial charge is 0.315 e. The Bertz CT molecular complexity index is 297. The molecule has 0 spiro atoms. The predicted octanol–water partition coefficient (Wildman–Crippen LogP) is 2.61. The molecule has 0 amide bonds. The first-order valence-electron chi connectivity index (χ1n) is 6.79. The number of nitrogens with zero attached hydrogens (tertiary/aromatic N) is 1. The molecule has 0 bridgehead atoms. The molecule has 1 aromatic rings. The first kappa shape index (κ1) is 13.1. The van der Waals surface area contributed by atoms with E-state index in [9.17, 15) is 0 Å².